The molecule has 1 saturated carbocycles. The van der Waals surface area contributed by atoms with E-state index in [0.29, 0.717) is 25.1 Å². The molecule has 4 amide bonds. The number of tetrazole rings is 1. The number of amides is 4. The van der Waals surface area contributed by atoms with Gasteiger partial charge in [0, 0.05) is 33.0 Å². The number of nitrogens with zero attached hydrogens (tertiary/aromatic N) is 6. The number of ether oxygens (including phenoxy) is 1. The molecule has 5 atom stereocenters. The minimum Gasteiger partial charge on any atom is -0.444 e. The van der Waals surface area contributed by atoms with Crippen molar-refractivity contribution >= 4 is 61.3 Å². The van der Waals surface area contributed by atoms with Gasteiger partial charge in [-0.3, -0.25) is 14.4 Å². The summed E-state index contributed by atoms with van der Waals surface area (Å²) in [5.74, 6) is -2.07. The van der Waals surface area contributed by atoms with Crippen LogP contribution in [0.2, 0.25) is 0 Å². The SMILES string of the molecule is CN(C)S(=O)(=O)NC(=O)[C@]12C[C@H]1/C=C\CCCCC[C@@H](NC(=O)OC(C)(C)C)C(=O)N1C[C@H](n3nnc(-c4ccc(Br)s4)n3)C[C@H]1C(=O)N2. The number of aromatic nitrogens is 4. The molecule has 1 aliphatic carbocycles. The van der Waals surface area contributed by atoms with Crippen LogP contribution in [0, 0.1) is 5.92 Å². The number of hydrogen-bond donors (Lipinski definition) is 3. The van der Waals surface area contributed by atoms with E-state index >= 15 is 0 Å². The van der Waals surface area contributed by atoms with Crippen LogP contribution in [0.1, 0.15) is 71.8 Å². The molecule has 3 N–H and O–H groups in total. The maximum absolute atomic E-state index is 14.3. The van der Waals surface area contributed by atoms with E-state index in [1.54, 1.807) is 20.8 Å². The topological polar surface area (TPSA) is 198 Å². The van der Waals surface area contributed by atoms with Crippen LogP contribution in [0.3, 0.4) is 0 Å². The van der Waals surface area contributed by atoms with Gasteiger partial charge in [0.2, 0.25) is 17.6 Å². The zero-order valence-electron chi connectivity index (χ0n) is 28.0. The fourth-order valence-corrected chi connectivity index (χ4v) is 7.84. The molecule has 0 spiro atoms. The summed E-state index contributed by atoms with van der Waals surface area (Å²) >= 11 is 4.86. The van der Waals surface area contributed by atoms with Crippen LogP contribution in [-0.2, 0) is 29.3 Å². The molecular formula is C30H42BrN9O7S2. The molecule has 4 heterocycles. The number of allylic oxidation sites excluding steroid dienone is 1. The fraction of sp³-hybridized carbons (Fsp3) is 0.633. The summed E-state index contributed by atoms with van der Waals surface area (Å²) in [6.07, 6.45) is 6.42. The molecule has 1 saturated heterocycles. The van der Waals surface area contributed by atoms with E-state index in [9.17, 15) is 27.6 Å². The number of fused-ring (bicyclic) bond motifs is 2. The van der Waals surface area contributed by atoms with Crippen LogP contribution in [0.25, 0.3) is 10.7 Å². The summed E-state index contributed by atoms with van der Waals surface area (Å²) in [6, 6.07) is 1.04. The van der Waals surface area contributed by atoms with Crippen molar-refractivity contribution in [2.24, 2.45) is 5.92 Å². The highest BCUT2D eigenvalue weighted by atomic mass is 79.9. The zero-order valence-corrected chi connectivity index (χ0v) is 31.2. The van der Waals surface area contributed by atoms with Crippen LogP contribution in [-0.4, -0.2) is 106 Å². The molecule has 2 aromatic rings. The van der Waals surface area contributed by atoms with Crippen molar-refractivity contribution in [1.29, 1.82) is 0 Å². The third-order valence-electron chi connectivity index (χ3n) is 8.60. The molecule has 16 nitrogen and oxygen atoms in total. The lowest BCUT2D eigenvalue weighted by atomic mass is 10.0. The van der Waals surface area contributed by atoms with Gasteiger partial charge in [0.1, 0.15) is 23.2 Å². The van der Waals surface area contributed by atoms with Crippen LogP contribution < -0.4 is 15.4 Å². The highest BCUT2D eigenvalue weighted by Crippen LogP contribution is 2.46. The van der Waals surface area contributed by atoms with Gasteiger partial charge in [-0.2, -0.15) is 17.5 Å². The third kappa shape index (κ3) is 8.67. The van der Waals surface area contributed by atoms with E-state index in [0.717, 1.165) is 25.8 Å². The van der Waals surface area contributed by atoms with Crippen molar-refractivity contribution in [1.82, 2.24) is 44.8 Å². The summed E-state index contributed by atoms with van der Waals surface area (Å²) in [6.45, 7) is 5.18. The molecule has 2 aromatic heterocycles. The Balaban J connectivity index is 1.47. The average molecular weight is 785 g/mol. The number of rotatable bonds is 6. The Bertz CT molecular complexity index is 1720. The number of thiophene rings is 1. The highest BCUT2D eigenvalue weighted by molar-refractivity contribution is 9.11. The smallest absolute Gasteiger partial charge is 0.408 e. The minimum atomic E-state index is -4.15. The number of carbonyl (C=O) groups excluding carboxylic acids is 4. The number of carbonyl (C=O) groups is 4. The van der Waals surface area contributed by atoms with E-state index in [2.05, 4.69) is 46.7 Å². The van der Waals surface area contributed by atoms with Crippen molar-refractivity contribution in [3.05, 3.63) is 28.1 Å². The molecule has 5 rings (SSSR count). The number of alkyl carbamates (subject to hydrolysis) is 1. The monoisotopic (exact) mass is 783 g/mol. The molecule has 0 bridgehead atoms. The standard InChI is InChI=1S/C30H42BrN9O7S2/c1-29(2,3)47-28(44)32-20-12-10-8-6-7-9-11-18-16-30(18,27(43)36-49(45,46)38(4)5)33-25(41)21-15-19(17-39(21)26(20)42)40-35-24(34-37-40)22-13-14-23(31)48-22/h9,11,13-14,18-21H,6-8,10,12,15-17H2,1-5H3,(H,32,44)(H,33,41)(H,36,43)/b11-9-/t18-,19-,20-,21+,30+/m1/s1. The first kappa shape index (κ1) is 36.9. The first-order valence-corrected chi connectivity index (χ1v) is 19.1. The quantitative estimate of drug-likeness (QED) is 0.366. The molecule has 3 aliphatic rings. The van der Waals surface area contributed by atoms with Gasteiger partial charge in [0.05, 0.1) is 14.7 Å². The summed E-state index contributed by atoms with van der Waals surface area (Å²) in [5, 5.41) is 18.5. The molecule has 0 aromatic carbocycles. The van der Waals surface area contributed by atoms with Gasteiger partial charge < -0.3 is 20.3 Å². The molecule has 2 fully saturated rings. The summed E-state index contributed by atoms with van der Waals surface area (Å²) in [4.78, 5) is 58.5. The Morgan fingerprint density at radius 1 is 1.18 bits per heavy atom. The van der Waals surface area contributed by atoms with Gasteiger partial charge in [0.15, 0.2) is 0 Å². The Kier molecular flexibility index (Phi) is 10.9. The summed E-state index contributed by atoms with van der Waals surface area (Å²) < 4.78 is 34.5. The first-order chi connectivity index (χ1) is 23.0. The zero-order chi connectivity index (χ0) is 35.7. The van der Waals surface area contributed by atoms with Crippen LogP contribution in [0.15, 0.2) is 28.1 Å². The summed E-state index contributed by atoms with van der Waals surface area (Å²) in [7, 11) is -1.57. The van der Waals surface area contributed by atoms with E-state index < -0.39 is 69.2 Å². The molecule has 2 aliphatic heterocycles. The van der Waals surface area contributed by atoms with E-state index in [1.807, 2.05) is 24.3 Å². The van der Waals surface area contributed by atoms with Gasteiger partial charge in [-0.15, -0.1) is 21.5 Å². The van der Waals surface area contributed by atoms with Crippen LogP contribution in [0.4, 0.5) is 4.79 Å². The molecule has 0 radical (unpaired) electrons. The van der Waals surface area contributed by atoms with Crippen LogP contribution in [0.5, 0.6) is 0 Å². The Morgan fingerprint density at radius 3 is 2.61 bits per heavy atom. The van der Waals surface area contributed by atoms with Gasteiger partial charge in [-0.1, -0.05) is 25.0 Å². The number of hydrogen-bond acceptors (Lipinski definition) is 11. The van der Waals surface area contributed by atoms with Crippen LogP contribution >= 0.6 is 27.3 Å². The van der Waals surface area contributed by atoms with Gasteiger partial charge in [0.25, 0.3) is 5.91 Å². The predicted octanol–water partition coefficient (Wildman–Crippen LogP) is 2.52. The van der Waals surface area contributed by atoms with Gasteiger partial charge in [-0.25, -0.2) is 9.52 Å². The Hall–Kier alpha value is -3.42. The van der Waals surface area contributed by atoms with E-state index in [4.69, 9.17) is 4.74 Å². The number of nitrogens with one attached hydrogen (secondary N) is 3. The van der Waals surface area contributed by atoms with Crippen molar-refractivity contribution in [2.45, 2.75) is 95.0 Å². The van der Waals surface area contributed by atoms with E-state index in [1.165, 1.54) is 35.1 Å². The Labute approximate surface area is 297 Å². The van der Waals surface area contributed by atoms with Crippen molar-refractivity contribution < 1.29 is 32.3 Å². The second kappa shape index (κ2) is 14.4. The number of halogens is 1. The lowest BCUT2D eigenvalue weighted by Gasteiger charge is -2.30. The van der Waals surface area contributed by atoms with Gasteiger partial charge >= 0.3 is 16.3 Å². The lowest BCUT2D eigenvalue weighted by molar-refractivity contribution is -0.141. The molecule has 268 valence electrons. The normalized spacial score (nSPS) is 27.3. The highest BCUT2D eigenvalue weighted by Gasteiger charge is 2.61. The second-order valence-electron chi connectivity index (χ2n) is 13.7. The fourth-order valence-electron chi connectivity index (χ4n) is 5.93. The average Bonchev–Trinajstić information content (AvgIpc) is 3.42. The minimum absolute atomic E-state index is 0.0187. The maximum atomic E-state index is 14.3. The first-order valence-electron chi connectivity index (χ1n) is 16.1. The molecular weight excluding hydrogens is 742 g/mol. The van der Waals surface area contributed by atoms with Crippen molar-refractivity contribution in [3.63, 3.8) is 0 Å². The molecule has 0 unspecified atom stereocenters. The van der Waals surface area contributed by atoms with Gasteiger partial charge in [-0.05, 0) is 79.7 Å². The molecule has 49 heavy (non-hydrogen) atoms. The lowest BCUT2D eigenvalue weighted by Crippen LogP contribution is -2.58. The van der Waals surface area contributed by atoms with Crippen molar-refractivity contribution in [3.8, 4) is 10.7 Å². The Morgan fingerprint density at radius 2 is 1.94 bits per heavy atom. The summed E-state index contributed by atoms with van der Waals surface area (Å²) in [5.41, 5.74) is -2.34. The van der Waals surface area contributed by atoms with E-state index in [-0.39, 0.29) is 19.4 Å². The van der Waals surface area contributed by atoms with Crippen molar-refractivity contribution in [2.75, 3.05) is 20.6 Å². The second-order valence-corrected chi connectivity index (χ2v) is 18.0. The third-order valence-corrected chi connectivity index (χ3v) is 11.6. The predicted molar refractivity (Wildman–Crippen MR) is 183 cm³/mol. The maximum Gasteiger partial charge on any atom is 0.408 e. The molecule has 19 heteroatoms. The largest absolute Gasteiger partial charge is 0.444 e.